The van der Waals surface area contributed by atoms with Crippen LogP contribution in [0.25, 0.3) is 0 Å². The van der Waals surface area contributed by atoms with Gasteiger partial charge in [-0.25, -0.2) is 4.21 Å². The van der Waals surface area contributed by atoms with E-state index >= 15 is 0 Å². The van der Waals surface area contributed by atoms with Crippen molar-refractivity contribution in [2.45, 2.75) is 0 Å². The Kier molecular flexibility index (Phi) is 4.27. The van der Waals surface area contributed by atoms with Crippen molar-refractivity contribution < 1.29 is 17.7 Å². The highest BCUT2D eigenvalue weighted by Crippen LogP contribution is 2.30. The van der Waals surface area contributed by atoms with Gasteiger partial charge in [0.25, 0.3) is 0 Å². The van der Waals surface area contributed by atoms with E-state index in [0.717, 1.165) is 0 Å². The maximum Gasteiger partial charge on any atom is 0.211 e. The van der Waals surface area contributed by atoms with Gasteiger partial charge in [0.1, 0.15) is 11.4 Å². The molecule has 1 rings (SSSR count). The van der Waals surface area contributed by atoms with E-state index in [4.69, 9.17) is 0 Å². The number of nitrogens with one attached hydrogen (secondary N) is 1. The van der Waals surface area contributed by atoms with Crippen molar-refractivity contribution in [1.82, 2.24) is 0 Å². The van der Waals surface area contributed by atoms with Gasteiger partial charge in [-0.15, -0.1) is 0 Å². The average molecular weight is 243 g/mol. The molecule has 0 aromatic heterocycles. The minimum atomic E-state index is -2.62. The van der Waals surface area contributed by atoms with Crippen LogP contribution in [0.2, 0.25) is 0 Å². The highest BCUT2D eigenvalue weighted by molar-refractivity contribution is 7.74. The number of nitrogens with zero attached hydrogens (tertiary/aromatic N) is 1. The summed E-state index contributed by atoms with van der Waals surface area (Å²) in [6.45, 7) is 0. The summed E-state index contributed by atoms with van der Waals surface area (Å²) in [5.41, 5.74) is 1.11. The molecule has 1 unspecified atom stereocenters. The minimum absolute atomic E-state index is 0.204. The molecule has 0 aliphatic heterocycles. The Morgan fingerprint density at radius 2 is 2.19 bits per heavy atom. The molecule has 0 radical (unpaired) electrons. The second-order valence-corrected chi connectivity index (χ2v) is 3.70. The summed E-state index contributed by atoms with van der Waals surface area (Å²) in [4.78, 5) is 11.9. The molecule has 1 aromatic rings. The molecular weight excluding hydrogens is 232 g/mol. The molecular formula is C9H11N2O4S-. The first-order valence-electron chi connectivity index (χ1n) is 4.33. The predicted octanol–water partition coefficient (Wildman–Crippen LogP) is 0.494. The van der Waals surface area contributed by atoms with Crippen LogP contribution in [0.3, 0.4) is 0 Å². The summed E-state index contributed by atoms with van der Waals surface area (Å²) >= 11 is -2.62. The molecule has 1 N–H and O–H groups in total. The smallest absolute Gasteiger partial charge is 0.211 e. The lowest BCUT2D eigenvalue weighted by atomic mass is 10.2. The van der Waals surface area contributed by atoms with Crippen LogP contribution in [0.5, 0.6) is 5.75 Å². The van der Waals surface area contributed by atoms with Crippen molar-refractivity contribution in [3.8, 4) is 5.75 Å². The number of anilines is 2. The fraction of sp³-hybridized carbons (Fsp3) is 0.222. The lowest BCUT2D eigenvalue weighted by Crippen LogP contribution is -2.12. The molecule has 1 atom stereocenters. The van der Waals surface area contributed by atoms with Crippen LogP contribution in [0.1, 0.15) is 0 Å². The first kappa shape index (κ1) is 12.5. The number of hydrogen-bond acceptors (Lipinski definition) is 5. The predicted molar refractivity (Wildman–Crippen MR) is 60.0 cm³/mol. The quantitative estimate of drug-likeness (QED) is 0.601. The van der Waals surface area contributed by atoms with Crippen molar-refractivity contribution in [3.05, 3.63) is 18.2 Å². The van der Waals surface area contributed by atoms with E-state index in [2.05, 4.69) is 9.50 Å². The standard InChI is InChI=1S/C9H12N2O4S/c1-11(2)8-5-7(10-6-12)3-4-9(8)15-16(13)14/h3-6H,1-2H3,(H,10,12)(H,13,14)/p-1. The molecule has 0 bridgehead atoms. The highest BCUT2D eigenvalue weighted by Gasteiger charge is 2.07. The maximum absolute atomic E-state index is 10.4. The van der Waals surface area contributed by atoms with Crippen LogP contribution >= 0.6 is 0 Å². The lowest BCUT2D eigenvalue weighted by Gasteiger charge is -2.18. The summed E-state index contributed by atoms with van der Waals surface area (Å²) in [5.74, 6) is 0.204. The Balaban J connectivity index is 3.08. The van der Waals surface area contributed by atoms with Gasteiger partial charge >= 0.3 is 0 Å². The number of carbonyl (C=O) groups excluding carboxylic acids is 1. The van der Waals surface area contributed by atoms with Crippen LogP contribution in [0.4, 0.5) is 11.4 Å². The van der Waals surface area contributed by atoms with E-state index in [1.54, 1.807) is 31.1 Å². The zero-order valence-electron chi connectivity index (χ0n) is 8.80. The number of rotatable bonds is 5. The maximum atomic E-state index is 10.4. The Bertz CT molecular complexity index is 408. The van der Waals surface area contributed by atoms with Crippen molar-refractivity contribution in [2.75, 3.05) is 24.3 Å². The minimum Gasteiger partial charge on any atom is -0.740 e. The Morgan fingerprint density at radius 1 is 1.50 bits per heavy atom. The average Bonchev–Trinajstić information content (AvgIpc) is 2.19. The summed E-state index contributed by atoms with van der Waals surface area (Å²) in [7, 11) is 3.47. The first-order chi connectivity index (χ1) is 7.54. The lowest BCUT2D eigenvalue weighted by molar-refractivity contribution is -0.105. The summed E-state index contributed by atoms with van der Waals surface area (Å²) < 4.78 is 25.5. The van der Waals surface area contributed by atoms with Gasteiger partial charge in [-0.05, 0) is 18.2 Å². The number of hydrogen-bond donors (Lipinski definition) is 1. The van der Waals surface area contributed by atoms with Gasteiger partial charge in [-0.2, -0.15) is 0 Å². The Hall–Kier alpha value is -1.60. The second-order valence-electron chi connectivity index (χ2n) is 3.13. The third kappa shape index (κ3) is 3.21. The van der Waals surface area contributed by atoms with Crippen molar-refractivity contribution in [3.63, 3.8) is 0 Å². The number of carbonyl (C=O) groups is 1. The summed E-state index contributed by atoms with van der Waals surface area (Å²) in [6.07, 6.45) is 0.543. The van der Waals surface area contributed by atoms with Crippen LogP contribution in [0, 0.1) is 0 Å². The molecule has 0 aliphatic rings. The Morgan fingerprint density at radius 3 is 2.69 bits per heavy atom. The van der Waals surface area contributed by atoms with Crippen molar-refractivity contribution >= 4 is 29.1 Å². The van der Waals surface area contributed by atoms with Crippen molar-refractivity contribution in [2.24, 2.45) is 0 Å². The van der Waals surface area contributed by atoms with Gasteiger partial charge < -0.3 is 19.0 Å². The van der Waals surface area contributed by atoms with Gasteiger partial charge in [-0.3, -0.25) is 4.79 Å². The molecule has 0 saturated carbocycles. The second kappa shape index (κ2) is 5.47. The monoisotopic (exact) mass is 243 g/mol. The van der Waals surface area contributed by atoms with Gasteiger partial charge in [0.15, 0.2) is 5.75 Å². The number of amides is 1. The van der Waals surface area contributed by atoms with Crippen LogP contribution in [0.15, 0.2) is 18.2 Å². The molecule has 0 aliphatic carbocycles. The van der Waals surface area contributed by atoms with E-state index in [0.29, 0.717) is 17.8 Å². The molecule has 1 amide bonds. The van der Waals surface area contributed by atoms with Crippen LogP contribution in [-0.4, -0.2) is 29.3 Å². The van der Waals surface area contributed by atoms with Crippen molar-refractivity contribution in [1.29, 1.82) is 0 Å². The highest BCUT2D eigenvalue weighted by atomic mass is 32.2. The first-order valence-corrected chi connectivity index (χ1v) is 5.33. The summed E-state index contributed by atoms with van der Waals surface area (Å²) in [5, 5.41) is 2.47. The molecule has 7 heteroatoms. The van der Waals surface area contributed by atoms with E-state index in [1.807, 2.05) is 0 Å². The van der Waals surface area contributed by atoms with Gasteiger partial charge in [-0.1, -0.05) is 0 Å². The van der Waals surface area contributed by atoms with E-state index < -0.39 is 11.4 Å². The molecule has 0 saturated heterocycles. The zero-order chi connectivity index (χ0) is 12.1. The molecule has 0 fully saturated rings. The summed E-state index contributed by atoms with van der Waals surface area (Å²) in [6, 6.07) is 4.62. The SMILES string of the molecule is CN(C)c1cc(NC=O)ccc1OS(=O)[O-]. The molecule has 6 nitrogen and oxygen atoms in total. The van der Waals surface area contributed by atoms with Gasteiger partial charge in [0.05, 0.1) is 5.69 Å². The molecule has 16 heavy (non-hydrogen) atoms. The van der Waals surface area contributed by atoms with E-state index in [1.165, 1.54) is 6.07 Å². The van der Waals surface area contributed by atoms with Gasteiger partial charge in [0.2, 0.25) is 6.41 Å². The van der Waals surface area contributed by atoms with E-state index in [-0.39, 0.29) is 5.75 Å². The van der Waals surface area contributed by atoms with Gasteiger partial charge in [0, 0.05) is 19.8 Å². The zero-order valence-corrected chi connectivity index (χ0v) is 9.61. The van der Waals surface area contributed by atoms with E-state index in [9.17, 15) is 13.6 Å². The molecule has 0 heterocycles. The fourth-order valence-corrected chi connectivity index (χ4v) is 1.46. The van der Waals surface area contributed by atoms with Crippen LogP contribution < -0.4 is 14.4 Å². The molecule has 88 valence electrons. The third-order valence-corrected chi connectivity index (χ3v) is 2.14. The largest absolute Gasteiger partial charge is 0.740 e. The Labute approximate surface area is 95.7 Å². The number of benzene rings is 1. The fourth-order valence-electron chi connectivity index (χ4n) is 1.17. The normalized spacial score (nSPS) is 11.7. The molecule has 0 spiro atoms. The molecule has 1 aromatic carbocycles. The third-order valence-electron chi connectivity index (χ3n) is 1.82. The topological polar surface area (TPSA) is 81.7 Å². The van der Waals surface area contributed by atoms with Crippen LogP contribution in [-0.2, 0) is 16.2 Å².